The summed E-state index contributed by atoms with van der Waals surface area (Å²) in [5.74, 6) is -3.88. The lowest BCUT2D eigenvalue weighted by molar-refractivity contribution is -0.422. The molecule has 1 saturated heterocycles. The van der Waals surface area contributed by atoms with Gasteiger partial charge >= 0.3 is 0 Å². The van der Waals surface area contributed by atoms with Gasteiger partial charge in [0.2, 0.25) is 6.29 Å². The average Bonchev–Trinajstić information content (AvgIpc) is 2.85. The molecule has 6 atom stereocenters. The van der Waals surface area contributed by atoms with Gasteiger partial charge in [-0.25, -0.2) is 5.48 Å². The van der Waals surface area contributed by atoms with E-state index in [9.17, 15) is 25.2 Å². The summed E-state index contributed by atoms with van der Waals surface area (Å²) in [4.78, 5) is 11.1. The molecule has 2 aromatic carbocycles. The lowest BCUT2D eigenvalue weighted by Gasteiger charge is -2.49. The van der Waals surface area contributed by atoms with Crippen LogP contribution in [0.1, 0.15) is 5.56 Å². The Kier molecular flexibility index (Phi) is 5.03. The van der Waals surface area contributed by atoms with E-state index in [4.69, 9.17) is 14.7 Å². The van der Waals surface area contributed by atoms with Gasteiger partial charge in [0.05, 0.1) is 24.7 Å². The highest BCUT2D eigenvalue weighted by molar-refractivity contribution is 5.92. The number of hydroxylamine groups is 1. The molecule has 0 spiro atoms. The summed E-state index contributed by atoms with van der Waals surface area (Å²) in [5, 5.41) is 50.2. The van der Waals surface area contributed by atoms with E-state index >= 15 is 0 Å². The zero-order valence-corrected chi connectivity index (χ0v) is 15.2. The number of rotatable bonds is 5. The fourth-order valence-electron chi connectivity index (χ4n) is 3.99. The Balaban J connectivity index is 1.50. The number of hydrogen-bond acceptors (Lipinski definition) is 8. The van der Waals surface area contributed by atoms with Crippen LogP contribution in [-0.2, 0) is 9.53 Å². The number of hydrogen-bond donors (Lipinski definition) is 6. The molecule has 9 heteroatoms. The molecule has 9 nitrogen and oxygen atoms in total. The number of amides is 1. The van der Waals surface area contributed by atoms with Crippen molar-refractivity contribution < 1.29 is 39.9 Å². The molecule has 2 fully saturated rings. The first kappa shape index (κ1) is 19.8. The van der Waals surface area contributed by atoms with Crippen molar-refractivity contribution in [3.63, 3.8) is 0 Å². The number of carbonyl (C=O) groups is 1. The zero-order valence-electron chi connectivity index (χ0n) is 15.2. The first-order valence-corrected chi connectivity index (χ1v) is 9.07. The molecule has 6 N–H and O–H groups in total. The molecule has 1 heterocycles. The Morgan fingerprint density at radius 2 is 1.90 bits per heavy atom. The predicted molar refractivity (Wildman–Crippen MR) is 99.4 cm³/mol. The standard InChI is InChI=1S/C20H21NO8/c22-9-14-17(24)18(25)16-19(29-20(14,16)26)28-13-5-4-11-7-10(1-3-12(11)8-13)2-6-15(23)21-27/h1-8,14,16-19,22,24-27H,9H2,(H,21,23)/b6-2+/t14?,16?,17-,18?,19+,20-/m1/s1. The fourth-order valence-corrected chi connectivity index (χ4v) is 3.99. The molecule has 0 radical (unpaired) electrons. The largest absolute Gasteiger partial charge is 0.464 e. The lowest BCUT2D eigenvalue weighted by Crippen LogP contribution is -2.64. The van der Waals surface area contributed by atoms with Gasteiger partial charge in [-0.1, -0.05) is 18.2 Å². The van der Waals surface area contributed by atoms with Crippen LogP contribution < -0.4 is 10.2 Å². The van der Waals surface area contributed by atoms with Crippen molar-refractivity contribution in [1.29, 1.82) is 0 Å². The smallest absolute Gasteiger partial charge is 0.267 e. The molecule has 2 aliphatic rings. The van der Waals surface area contributed by atoms with Gasteiger partial charge < -0.3 is 29.9 Å². The normalized spacial score (nSPS) is 33.5. The monoisotopic (exact) mass is 403 g/mol. The van der Waals surface area contributed by atoms with E-state index < -0.39 is 48.6 Å². The van der Waals surface area contributed by atoms with Crippen LogP contribution in [0.3, 0.4) is 0 Å². The van der Waals surface area contributed by atoms with E-state index in [-0.39, 0.29) is 0 Å². The van der Waals surface area contributed by atoms with Gasteiger partial charge in [0.25, 0.3) is 5.91 Å². The van der Waals surface area contributed by atoms with Gasteiger partial charge in [-0.3, -0.25) is 10.0 Å². The molecule has 0 bridgehead atoms. The van der Waals surface area contributed by atoms with Crippen molar-refractivity contribution in [1.82, 2.24) is 5.48 Å². The number of nitrogens with one attached hydrogen (secondary N) is 1. The van der Waals surface area contributed by atoms with Crippen LogP contribution in [0, 0.1) is 11.8 Å². The van der Waals surface area contributed by atoms with Crippen LogP contribution >= 0.6 is 0 Å². The van der Waals surface area contributed by atoms with Crippen LogP contribution in [0.5, 0.6) is 5.75 Å². The van der Waals surface area contributed by atoms with E-state index in [1.165, 1.54) is 11.6 Å². The maximum Gasteiger partial charge on any atom is 0.267 e. The summed E-state index contributed by atoms with van der Waals surface area (Å²) in [5.41, 5.74) is 2.28. The third-order valence-electron chi connectivity index (χ3n) is 5.56. The Morgan fingerprint density at radius 3 is 2.62 bits per heavy atom. The average molecular weight is 403 g/mol. The van der Waals surface area contributed by atoms with Gasteiger partial charge in [0.15, 0.2) is 5.79 Å². The van der Waals surface area contributed by atoms with Crippen molar-refractivity contribution >= 4 is 22.8 Å². The molecule has 1 aliphatic heterocycles. The van der Waals surface area contributed by atoms with E-state index in [0.717, 1.165) is 16.3 Å². The van der Waals surface area contributed by atoms with Crippen molar-refractivity contribution in [2.45, 2.75) is 24.3 Å². The van der Waals surface area contributed by atoms with Crippen LogP contribution in [0.2, 0.25) is 0 Å². The number of carbonyl (C=O) groups excluding carboxylic acids is 1. The van der Waals surface area contributed by atoms with Gasteiger partial charge in [-0.2, -0.15) is 0 Å². The van der Waals surface area contributed by atoms with E-state index in [0.29, 0.717) is 5.75 Å². The third kappa shape index (κ3) is 3.27. The van der Waals surface area contributed by atoms with Crippen molar-refractivity contribution in [2.24, 2.45) is 11.8 Å². The molecule has 3 unspecified atom stereocenters. The molecule has 2 aromatic rings. The van der Waals surface area contributed by atoms with Crippen LogP contribution in [0.15, 0.2) is 42.5 Å². The Labute approximate surface area is 165 Å². The van der Waals surface area contributed by atoms with Crippen LogP contribution in [-0.4, -0.2) is 62.4 Å². The van der Waals surface area contributed by atoms with Gasteiger partial charge in [0, 0.05) is 6.08 Å². The second-order valence-corrected chi connectivity index (χ2v) is 7.23. The molecular formula is C20H21NO8. The summed E-state index contributed by atoms with van der Waals surface area (Å²) < 4.78 is 11.1. The first-order chi connectivity index (χ1) is 13.9. The number of aliphatic hydroxyl groups is 4. The highest BCUT2D eigenvalue weighted by atomic mass is 16.8. The summed E-state index contributed by atoms with van der Waals surface area (Å²) in [6, 6.07) is 10.7. The van der Waals surface area contributed by atoms with Crippen molar-refractivity contribution in [3.05, 3.63) is 48.0 Å². The minimum absolute atomic E-state index is 0.446. The molecule has 1 saturated carbocycles. The van der Waals surface area contributed by atoms with E-state index in [1.54, 1.807) is 30.3 Å². The SMILES string of the molecule is O=C(/C=C/c1ccc2cc(O[C@H]3O[C@@]4(O)C3C(O)[C@H](O)C4CO)ccc2c1)NO. The zero-order chi connectivity index (χ0) is 20.8. The lowest BCUT2D eigenvalue weighted by atomic mass is 9.89. The second-order valence-electron chi connectivity index (χ2n) is 7.23. The van der Waals surface area contributed by atoms with Crippen LogP contribution in [0.25, 0.3) is 16.8 Å². The van der Waals surface area contributed by atoms with E-state index in [2.05, 4.69) is 0 Å². The maximum absolute atomic E-state index is 11.1. The minimum Gasteiger partial charge on any atom is -0.464 e. The topological polar surface area (TPSA) is 149 Å². The second kappa shape index (κ2) is 7.38. The van der Waals surface area contributed by atoms with E-state index in [1.807, 2.05) is 12.1 Å². The summed E-state index contributed by atoms with van der Waals surface area (Å²) in [7, 11) is 0. The van der Waals surface area contributed by atoms with Gasteiger partial charge in [0.1, 0.15) is 11.7 Å². The van der Waals surface area contributed by atoms with Crippen LogP contribution in [0.4, 0.5) is 0 Å². The Bertz CT molecular complexity index is 963. The Morgan fingerprint density at radius 1 is 1.17 bits per heavy atom. The predicted octanol–water partition coefficient (Wildman–Crippen LogP) is -0.258. The number of ether oxygens (including phenoxy) is 2. The highest BCUT2D eigenvalue weighted by Crippen LogP contribution is 2.52. The number of benzene rings is 2. The molecule has 1 aliphatic carbocycles. The van der Waals surface area contributed by atoms with Crippen molar-refractivity contribution in [2.75, 3.05) is 6.61 Å². The fraction of sp³-hybridized carbons (Fsp3) is 0.350. The Hall–Kier alpha value is -2.53. The highest BCUT2D eigenvalue weighted by Gasteiger charge is 2.71. The molecule has 1 amide bonds. The summed E-state index contributed by atoms with van der Waals surface area (Å²) in [6.45, 7) is -0.523. The number of fused-ring (bicyclic) bond motifs is 2. The summed E-state index contributed by atoms with van der Waals surface area (Å²) >= 11 is 0. The van der Waals surface area contributed by atoms with Crippen molar-refractivity contribution in [3.8, 4) is 5.75 Å². The maximum atomic E-state index is 11.1. The molecule has 154 valence electrons. The molecule has 0 aromatic heterocycles. The minimum atomic E-state index is -1.82. The first-order valence-electron chi connectivity index (χ1n) is 9.07. The molecule has 4 rings (SSSR count). The summed E-state index contributed by atoms with van der Waals surface area (Å²) in [6.07, 6.45) is -0.781. The number of aliphatic hydroxyl groups excluding tert-OH is 3. The molecule has 29 heavy (non-hydrogen) atoms. The van der Waals surface area contributed by atoms with Gasteiger partial charge in [-0.15, -0.1) is 0 Å². The molecular weight excluding hydrogens is 382 g/mol. The third-order valence-corrected chi connectivity index (χ3v) is 5.56. The quantitative estimate of drug-likeness (QED) is 0.227. The van der Waals surface area contributed by atoms with Gasteiger partial charge in [-0.05, 0) is 40.6 Å².